The lowest BCUT2D eigenvalue weighted by Gasteiger charge is -2.34. The van der Waals surface area contributed by atoms with Gasteiger partial charge < -0.3 is 10.5 Å². The summed E-state index contributed by atoms with van der Waals surface area (Å²) in [6.07, 6.45) is 0.323. The molecule has 0 bridgehead atoms. The van der Waals surface area contributed by atoms with Gasteiger partial charge in [-0.2, -0.15) is 5.26 Å². The first kappa shape index (κ1) is 11.9. The zero-order valence-corrected chi connectivity index (χ0v) is 8.75. The quantitative estimate of drug-likeness (QED) is 0.697. The Morgan fingerprint density at radius 3 is 2.47 bits per heavy atom. The third-order valence-electron chi connectivity index (χ3n) is 2.80. The third-order valence-corrected chi connectivity index (χ3v) is 2.80. The minimum atomic E-state index is -1.95. The first-order valence-corrected chi connectivity index (χ1v) is 5.02. The van der Waals surface area contributed by atoms with E-state index in [4.69, 9.17) is 11.0 Å². The molecule has 2 N–H and O–H groups in total. The van der Waals surface area contributed by atoms with Crippen molar-refractivity contribution in [2.75, 3.05) is 6.61 Å². The smallest absolute Gasteiger partial charge is 0.343 e. The average molecular weight is 214 g/mol. The van der Waals surface area contributed by atoms with Crippen LogP contribution in [0.4, 0.5) is 4.39 Å². The van der Waals surface area contributed by atoms with E-state index in [-0.39, 0.29) is 32.3 Å². The Kier molecular flexibility index (Phi) is 3.30. The van der Waals surface area contributed by atoms with Gasteiger partial charge in [0.15, 0.2) is 0 Å². The number of nitrogens with zero attached hydrogens (tertiary/aromatic N) is 1. The van der Waals surface area contributed by atoms with Crippen molar-refractivity contribution in [2.45, 2.75) is 43.8 Å². The summed E-state index contributed by atoms with van der Waals surface area (Å²) in [4.78, 5) is 11.3. The van der Waals surface area contributed by atoms with Crippen molar-refractivity contribution in [3.05, 3.63) is 0 Å². The fourth-order valence-electron chi connectivity index (χ4n) is 1.67. The first-order valence-electron chi connectivity index (χ1n) is 5.02. The predicted molar refractivity (Wildman–Crippen MR) is 51.5 cm³/mol. The van der Waals surface area contributed by atoms with Crippen molar-refractivity contribution in [3.63, 3.8) is 0 Å². The number of carbonyl (C=O) groups excluding carboxylic acids is 1. The summed E-state index contributed by atoms with van der Waals surface area (Å²) in [5.74, 6) is -0.829. The Bertz CT molecular complexity index is 290. The summed E-state index contributed by atoms with van der Waals surface area (Å²) in [5, 5.41) is 8.75. The van der Waals surface area contributed by atoms with Gasteiger partial charge in [0.1, 0.15) is 5.54 Å². The number of ether oxygens (including phenoxy) is 1. The fraction of sp³-hybridized carbons (Fsp3) is 0.800. The highest BCUT2D eigenvalue weighted by atomic mass is 19.1. The SMILES string of the molecule is CCOC(=O)C1(F)CCC(N)(C#N)CC1. The van der Waals surface area contributed by atoms with Crippen molar-refractivity contribution in [2.24, 2.45) is 5.73 Å². The van der Waals surface area contributed by atoms with Gasteiger partial charge in [0, 0.05) is 0 Å². The number of esters is 1. The van der Waals surface area contributed by atoms with E-state index < -0.39 is 17.2 Å². The highest BCUT2D eigenvalue weighted by Gasteiger charge is 2.47. The van der Waals surface area contributed by atoms with Crippen LogP contribution in [0.15, 0.2) is 0 Å². The van der Waals surface area contributed by atoms with Gasteiger partial charge in [0.2, 0.25) is 5.67 Å². The van der Waals surface area contributed by atoms with Crippen LogP contribution < -0.4 is 5.73 Å². The molecule has 0 spiro atoms. The van der Waals surface area contributed by atoms with Crippen molar-refractivity contribution in [1.82, 2.24) is 0 Å². The second-order valence-corrected chi connectivity index (χ2v) is 3.95. The van der Waals surface area contributed by atoms with Crippen LogP contribution in [0.25, 0.3) is 0 Å². The zero-order chi connectivity index (χ0) is 11.5. The molecule has 1 aliphatic carbocycles. The molecule has 0 aliphatic heterocycles. The van der Waals surface area contributed by atoms with Crippen LogP contribution in [0, 0.1) is 11.3 Å². The van der Waals surface area contributed by atoms with Gasteiger partial charge in [-0.15, -0.1) is 0 Å². The highest BCUT2D eigenvalue weighted by Crippen LogP contribution is 2.36. The van der Waals surface area contributed by atoms with E-state index in [1.807, 2.05) is 6.07 Å². The summed E-state index contributed by atoms with van der Waals surface area (Å²) in [7, 11) is 0. The van der Waals surface area contributed by atoms with Crippen molar-refractivity contribution < 1.29 is 13.9 Å². The summed E-state index contributed by atoms with van der Waals surface area (Å²) >= 11 is 0. The van der Waals surface area contributed by atoms with Crippen LogP contribution in [0.5, 0.6) is 0 Å². The molecule has 0 radical (unpaired) electrons. The Morgan fingerprint density at radius 1 is 1.53 bits per heavy atom. The van der Waals surface area contributed by atoms with Gasteiger partial charge in [0.25, 0.3) is 0 Å². The molecule has 0 saturated heterocycles. The molecular formula is C10H15FN2O2. The Hall–Kier alpha value is -1.15. The lowest BCUT2D eigenvalue weighted by Crippen LogP contribution is -2.49. The minimum Gasteiger partial charge on any atom is -0.464 e. The minimum absolute atomic E-state index is 0.0319. The zero-order valence-electron chi connectivity index (χ0n) is 8.75. The van der Waals surface area contributed by atoms with Crippen LogP contribution in [0.1, 0.15) is 32.6 Å². The van der Waals surface area contributed by atoms with Gasteiger partial charge in [-0.3, -0.25) is 0 Å². The van der Waals surface area contributed by atoms with Gasteiger partial charge in [-0.05, 0) is 32.6 Å². The first-order chi connectivity index (χ1) is 6.96. The number of rotatable bonds is 2. The molecule has 4 nitrogen and oxygen atoms in total. The molecule has 5 heteroatoms. The van der Waals surface area contributed by atoms with E-state index in [2.05, 4.69) is 4.74 Å². The van der Waals surface area contributed by atoms with Crippen molar-refractivity contribution in [1.29, 1.82) is 5.26 Å². The molecule has 1 fully saturated rings. The van der Waals surface area contributed by atoms with Crippen LogP contribution in [-0.2, 0) is 9.53 Å². The van der Waals surface area contributed by atoms with E-state index in [9.17, 15) is 9.18 Å². The number of carbonyl (C=O) groups is 1. The van der Waals surface area contributed by atoms with Crippen LogP contribution in [0.2, 0.25) is 0 Å². The van der Waals surface area contributed by atoms with E-state index in [0.717, 1.165) is 0 Å². The Balaban J connectivity index is 2.63. The normalized spacial score (nSPS) is 35.6. The van der Waals surface area contributed by atoms with Gasteiger partial charge in [0.05, 0.1) is 12.7 Å². The molecule has 1 rings (SSSR count). The summed E-state index contributed by atoms with van der Waals surface area (Å²) in [5.41, 5.74) is 2.74. The van der Waals surface area contributed by atoms with Crippen LogP contribution in [0.3, 0.4) is 0 Å². The number of nitriles is 1. The van der Waals surface area contributed by atoms with E-state index in [1.54, 1.807) is 6.92 Å². The molecule has 0 aromatic carbocycles. The molecule has 1 aliphatic rings. The lowest BCUT2D eigenvalue weighted by atomic mass is 9.76. The fourth-order valence-corrected chi connectivity index (χ4v) is 1.67. The molecule has 15 heavy (non-hydrogen) atoms. The van der Waals surface area contributed by atoms with E-state index in [1.165, 1.54) is 0 Å². The maximum Gasteiger partial charge on any atom is 0.343 e. The number of nitrogens with two attached hydrogens (primary N) is 1. The maximum atomic E-state index is 14.0. The summed E-state index contributed by atoms with van der Waals surface area (Å²) < 4.78 is 18.6. The Labute approximate surface area is 88.2 Å². The highest BCUT2D eigenvalue weighted by molar-refractivity contribution is 5.79. The molecule has 0 unspecified atom stereocenters. The summed E-state index contributed by atoms with van der Waals surface area (Å²) in [6, 6.07) is 1.95. The number of hydrogen-bond acceptors (Lipinski definition) is 4. The van der Waals surface area contributed by atoms with Gasteiger partial charge >= 0.3 is 5.97 Å². The molecule has 0 aromatic rings. The molecule has 0 amide bonds. The molecular weight excluding hydrogens is 199 g/mol. The number of alkyl halides is 1. The topological polar surface area (TPSA) is 76.1 Å². The number of hydrogen-bond donors (Lipinski definition) is 1. The second-order valence-electron chi connectivity index (χ2n) is 3.95. The average Bonchev–Trinajstić information content (AvgIpc) is 2.23. The maximum absolute atomic E-state index is 14.0. The Morgan fingerprint density at radius 2 is 2.07 bits per heavy atom. The standard InChI is InChI=1S/C10H15FN2O2/c1-2-15-8(14)10(11)5-3-9(13,7-12)4-6-10/h2-6,13H2,1H3. The monoisotopic (exact) mass is 214 g/mol. The second kappa shape index (κ2) is 4.15. The predicted octanol–water partition coefficient (Wildman–Crippen LogP) is 1.05. The van der Waals surface area contributed by atoms with E-state index >= 15 is 0 Å². The van der Waals surface area contributed by atoms with Crippen LogP contribution in [-0.4, -0.2) is 23.8 Å². The molecule has 84 valence electrons. The van der Waals surface area contributed by atoms with Crippen LogP contribution >= 0.6 is 0 Å². The van der Waals surface area contributed by atoms with Crippen molar-refractivity contribution in [3.8, 4) is 6.07 Å². The largest absolute Gasteiger partial charge is 0.464 e. The molecule has 1 saturated carbocycles. The molecule has 0 atom stereocenters. The molecule has 0 aromatic heterocycles. The number of halogens is 1. The van der Waals surface area contributed by atoms with Gasteiger partial charge in [-0.25, -0.2) is 9.18 Å². The lowest BCUT2D eigenvalue weighted by molar-refractivity contribution is -0.160. The van der Waals surface area contributed by atoms with E-state index in [0.29, 0.717) is 0 Å². The van der Waals surface area contributed by atoms with Gasteiger partial charge in [-0.1, -0.05) is 0 Å². The third kappa shape index (κ3) is 2.45. The summed E-state index contributed by atoms with van der Waals surface area (Å²) in [6.45, 7) is 1.79. The van der Waals surface area contributed by atoms with Crippen molar-refractivity contribution >= 4 is 5.97 Å². The molecule has 0 heterocycles.